The van der Waals surface area contributed by atoms with E-state index in [1.54, 1.807) is 0 Å². The van der Waals surface area contributed by atoms with Crippen molar-refractivity contribution in [3.8, 4) is 0 Å². The first-order valence-corrected chi connectivity index (χ1v) is 7.50. The number of nitrogens with one attached hydrogen (secondary N) is 1. The fourth-order valence-corrected chi connectivity index (χ4v) is 2.97. The van der Waals surface area contributed by atoms with Gasteiger partial charge in [-0.05, 0) is 51.1 Å². The van der Waals surface area contributed by atoms with E-state index in [1.807, 2.05) is 11.8 Å². The lowest BCUT2D eigenvalue weighted by Crippen LogP contribution is -2.43. The Kier molecular flexibility index (Phi) is 6.02. The summed E-state index contributed by atoms with van der Waals surface area (Å²) in [6, 6.07) is 0. The summed E-state index contributed by atoms with van der Waals surface area (Å²) in [7, 11) is 2.27. The van der Waals surface area contributed by atoms with Crippen molar-refractivity contribution in [3.05, 3.63) is 0 Å². The van der Waals surface area contributed by atoms with E-state index in [-0.39, 0.29) is 0 Å². The second-order valence-corrected chi connectivity index (χ2v) is 5.82. The Morgan fingerprint density at radius 2 is 2.00 bits per heavy atom. The molecule has 0 aromatic carbocycles. The summed E-state index contributed by atoms with van der Waals surface area (Å²) in [4.78, 5) is 2.52. The van der Waals surface area contributed by atoms with E-state index in [0.717, 1.165) is 0 Å². The molecule has 1 N–H and O–H groups in total. The summed E-state index contributed by atoms with van der Waals surface area (Å²) < 4.78 is 0. The molecule has 0 amide bonds. The van der Waals surface area contributed by atoms with Gasteiger partial charge in [0.1, 0.15) is 0 Å². The molecule has 15 heavy (non-hydrogen) atoms. The van der Waals surface area contributed by atoms with Crippen LogP contribution in [0.4, 0.5) is 0 Å². The van der Waals surface area contributed by atoms with E-state index in [2.05, 4.69) is 30.4 Å². The maximum atomic E-state index is 3.47. The molecule has 0 aromatic rings. The lowest BCUT2D eigenvalue weighted by atomic mass is 9.76. The van der Waals surface area contributed by atoms with Gasteiger partial charge in [0, 0.05) is 18.8 Å². The van der Waals surface area contributed by atoms with Crippen molar-refractivity contribution in [1.29, 1.82) is 0 Å². The van der Waals surface area contributed by atoms with E-state index in [4.69, 9.17) is 0 Å². The predicted molar refractivity (Wildman–Crippen MR) is 70.7 cm³/mol. The van der Waals surface area contributed by atoms with Crippen LogP contribution in [0.2, 0.25) is 0 Å². The van der Waals surface area contributed by atoms with Crippen LogP contribution in [0.1, 0.15) is 26.2 Å². The van der Waals surface area contributed by atoms with E-state index < -0.39 is 0 Å². The number of nitrogens with zero attached hydrogens (tertiary/aromatic N) is 1. The molecule has 90 valence electrons. The highest BCUT2D eigenvalue weighted by Crippen LogP contribution is 2.33. The zero-order valence-electron chi connectivity index (χ0n) is 10.5. The highest BCUT2D eigenvalue weighted by molar-refractivity contribution is 7.98. The van der Waals surface area contributed by atoms with Crippen LogP contribution in [0.15, 0.2) is 0 Å². The maximum absolute atomic E-state index is 3.47. The van der Waals surface area contributed by atoms with Crippen LogP contribution in [-0.2, 0) is 0 Å². The van der Waals surface area contributed by atoms with Gasteiger partial charge in [0.25, 0.3) is 0 Å². The highest BCUT2D eigenvalue weighted by Gasteiger charge is 2.30. The molecule has 0 unspecified atom stereocenters. The largest absolute Gasteiger partial charge is 0.317 e. The smallest absolute Gasteiger partial charge is 0.00694 e. The third-order valence-electron chi connectivity index (χ3n) is 3.70. The van der Waals surface area contributed by atoms with Crippen molar-refractivity contribution in [2.75, 3.05) is 45.2 Å². The summed E-state index contributed by atoms with van der Waals surface area (Å²) >= 11 is 1.94. The van der Waals surface area contributed by atoms with Gasteiger partial charge in [-0.3, -0.25) is 0 Å². The van der Waals surface area contributed by atoms with Gasteiger partial charge in [-0.15, -0.1) is 0 Å². The maximum Gasteiger partial charge on any atom is 0.00694 e. The number of thioether (sulfide) groups is 1. The number of hydrogen-bond acceptors (Lipinski definition) is 3. The predicted octanol–water partition coefficient (Wildman–Crippen LogP) is 2.06. The van der Waals surface area contributed by atoms with E-state index in [9.17, 15) is 0 Å². The Hall–Kier alpha value is 0.270. The first-order valence-electron chi connectivity index (χ1n) is 6.11. The Morgan fingerprint density at radius 3 is 2.53 bits per heavy atom. The molecule has 0 atom stereocenters. The average Bonchev–Trinajstić information content (AvgIpc) is 2.27. The van der Waals surface area contributed by atoms with Crippen molar-refractivity contribution >= 4 is 11.8 Å². The molecule has 0 radical (unpaired) electrons. The lowest BCUT2D eigenvalue weighted by molar-refractivity contribution is 0.127. The highest BCUT2D eigenvalue weighted by atomic mass is 32.2. The number of rotatable bonds is 6. The Balaban J connectivity index is 2.37. The van der Waals surface area contributed by atoms with Crippen molar-refractivity contribution in [2.24, 2.45) is 5.41 Å². The zero-order chi connectivity index (χ0) is 11.1. The van der Waals surface area contributed by atoms with E-state index in [1.165, 1.54) is 51.2 Å². The standard InChI is InChI=1S/C12H26N2S/c1-4-12(5-7-13-8-6-12)11-14(2)9-10-15-3/h13H,4-11H2,1-3H3. The Bertz CT molecular complexity index is 167. The molecule has 1 fully saturated rings. The molecule has 2 nitrogen and oxygen atoms in total. The van der Waals surface area contributed by atoms with E-state index in [0.29, 0.717) is 5.41 Å². The van der Waals surface area contributed by atoms with Crippen molar-refractivity contribution < 1.29 is 0 Å². The molecule has 0 aliphatic carbocycles. The molecule has 1 aliphatic heterocycles. The topological polar surface area (TPSA) is 15.3 Å². The van der Waals surface area contributed by atoms with Gasteiger partial charge in [0.15, 0.2) is 0 Å². The van der Waals surface area contributed by atoms with Gasteiger partial charge >= 0.3 is 0 Å². The summed E-state index contributed by atoms with van der Waals surface area (Å²) in [5.74, 6) is 1.26. The fraction of sp³-hybridized carbons (Fsp3) is 1.00. The van der Waals surface area contributed by atoms with Crippen LogP contribution < -0.4 is 5.32 Å². The van der Waals surface area contributed by atoms with Crippen LogP contribution in [-0.4, -0.2) is 50.1 Å². The second kappa shape index (κ2) is 6.77. The number of hydrogen-bond donors (Lipinski definition) is 1. The summed E-state index contributed by atoms with van der Waals surface area (Å²) in [6.45, 7) is 7.30. The van der Waals surface area contributed by atoms with Gasteiger partial charge in [0.05, 0.1) is 0 Å². The van der Waals surface area contributed by atoms with Gasteiger partial charge in [-0.25, -0.2) is 0 Å². The first kappa shape index (κ1) is 13.3. The fourth-order valence-electron chi connectivity index (χ4n) is 2.48. The van der Waals surface area contributed by atoms with Crippen molar-refractivity contribution in [2.45, 2.75) is 26.2 Å². The van der Waals surface area contributed by atoms with Crippen LogP contribution >= 0.6 is 11.8 Å². The molecule has 3 heteroatoms. The Labute approximate surface area is 99.2 Å². The zero-order valence-corrected chi connectivity index (χ0v) is 11.3. The number of piperidine rings is 1. The van der Waals surface area contributed by atoms with Crippen LogP contribution in [0.25, 0.3) is 0 Å². The minimum atomic E-state index is 0.596. The van der Waals surface area contributed by atoms with Crippen molar-refractivity contribution in [3.63, 3.8) is 0 Å². The molecule has 0 aromatic heterocycles. The van der Waals surface area contributed by atoms with Gasteiger partial charge in [0.2, 0.25) is 0 Å². The second-order valence-electron chi connectivity index (χ2n) is 4.83. The summed E-state index contributed by atoms with van der Waals surface area (Å²) in [6.07, 6.45) is 6.23. The first-order chi connectivity index (χ1) is 7.22. The van der Waals surface area contributed by atoms with E-state index >= 15 is 0 Å². The average molecular weight is 230 g/mol. The molecule has 1 aliphatic rings. The van der Waals surface area contributed by atoms with Crippen LogP contribution in [0.5, 0.6) is 0 Å². The SMILES string of the molecule is CCC1(CN(C)CCSC)CCNCC1. The normalized spacial score (nSPS) is 20.8. The van der Waals surface area contributed by atoms with Crippen LogP contribution in [0.3, 0.4) is 0 Å². The molecular formula is C12H26N2S. The van der Waals surface area contributed by atoms with Gasteiger partial charge in [-0.1, -0.05) is 6.92 Å². The monoisotopic (exact) mass is 230 g/mol. The Morgan fingerprint density at radius 1 is 1.33 bits per heavy atom. The van der Waals surface area contributed by atoms with Gasteiger partial charge in [-0.2, -0.15) is 11.8 Å². The molecule has 1 heterocycles. The summed E-state index contributed by atoms with van der Waals surface area (Å²) in [5.41, 5.74) is 0.596. The van der Waals surface area contributed by atoms with Gasteiger partial charge < -0.3 is 10.2 Å². The minimum Gasteiger partial charge on any atom is -0.317 e. The quantitative estimate of drug-likeness (QED) is 0.752. The van der Waals surface area contributed by atoms with Crippen molar-refractivity contribution in [1.82, 2.24) is 10.2 Å². The third-order valence-corrected chi connectivity index (χ3v) is 4.29. The summed E-state index contributed by atoms with van der Waals surface area (Å²) in [5, 5.41) is 3.47. The lowest BCUT2D eigenvalue weighted by Gasteiger charge is -2.40. The molecule has 0 bridgehead atoms. The molecule has 1 rings (SSSR count). The molecule has 0 saturated carbocycles. The minimum absolute atomic E-state index is 0.596. The molecule has 1 saturated heterocycles. The molecule has 0 spiro atoms. The van der Waals surface area contributed by atoms with Crippen LogP contribution in [0, 0.1) is 5.41 Å². The molecular weight excluding hydrogens is 204 g/mol. The third kappa shape index (κ3) is 4.33.